The Hall–Kier alpha value is -0.990. The maximum atomic E-state index is 11.2. The third kappa shape index (κ3) is 3.49. The number of halogens is 1. The molecule has 1 atom stereocenters. The Morgan fingerprint density at radius 1 is 0.864 bits per heavy atom. The topological polar surface area (TPSA) is 78.4 Å². The Bertz CT molecular complexity index is 673. The van der Waals surface area contributed by atoms with Crippen molar-refractivity contribution >= 4 is 28.4 Å². The van der Waals surface area contributed by atoms with Crippen LogP contribution in [0.1, 0.15) is 11.1 Å². The van der Waals surface area contributed by atoms with Crippen molar-refractivity contribution in [3.63, 3.8) is 0 Å². The molecule has 0 radical (unpaired) electrons. The molecule has 0 aliphatic carbocycles. The number of benzene rings is 2. The summed E-state index contributed by atoms with van der Waals surface area (Å²) in [5, 5.41) is 1.81. The lowest BCUT2D eigenvalue weighted by Gasteiger charge is -2.25. The van der Waals surface area contributed by atoms with Crippen molar-refractivity contribution in [2.45, 2.75) is 4.27 Å². The SMILES string of the molecule is [O-][Cl+3]([O-])([O-])OC1(c2ccccc2)SC=C(c2ccccc2)S1. The van der Waals surface area contributed by atoms with Gasteiger partial charge in [0.2, 0.25) is 0 Å². The fourth-order valence-corrected chi connectivity index (χ4v) is 5.51. The minimum Gasteiger partial charge on any atom is -0.183 e. The molecule has 1 aliphatic heterocycles. The fourth-order valence-electron chi connectivity index (χ4n) is 2.03. The molecule has 114 valence electrons. The van der Waals surface area contributed by atoms with Gasteiger partial charge in [0.1, 0.15) is 4.29 Å². The van der Waals surface area contributed by atoms with Gasteiger partial charge in [-0.3, -0.25) is 0 Å². The van der Waals surface area contributed by atoms with Crippen LogP contribution < -0.4 is 14.0 Å². The highest BCUT2D eigenvalue weighted by Crippen LogP contribution is 2.60. The average molecular weight is 355 g/mol. The second-order valence-corrected chi connectivity index (χ2v) is 7.88. The molecule has 0 amide bonds. The van der Waals surface area contributed by atoms with E-state index in [2.05, 4.69) is 0 Å². The van der Waals surface area contributed by atoms with Gasteiger partial charge in [-0.05, 0) is 11.0 Å². The summed E-state index contributed by atoms with van der Waals surface area (Å²) in [6.07, 6.45) is 0. The van der Waals surface area contributed by atoms with E-state index in [0.717, 1.165) is 10.5 Å². The quantitative estimate of drug-likeness (QED) is 0.820. The zero-order valence-electron chi connectivity index (χ0n) is 11.2. The first kappa shape index (κ1) is 15.9. The summed E-state index contributed by atoms with van der Waals surface area (Å²) in [6, 6.07) is 18.4. The van der Waals surface area contributed by atoms with Gasteiger partial charge in [0.25, 0.3) is 0 Å². The zero-order valence-corrected chi connectivity index (χ0v) is 13.6. The van der Waals surface area contributed by atoms with E-state index in [4.69, 9.17) is 4.29 Å². The molecule has 1 heterocycles. The van der Waals surface area contributed by atoms with Crippen molar-refractivity contribution in [2.75, 3.05) is 0 Å². The van der Waals surface area contributed by atoms with Crippen LogP contribution in [0.3, 0.4) is 0 Å². The summed E-state index contributed by atoms with van der Waals surface area (Å²) in [4.78, 5) is 0.855. The van der Waals surface area contributed by atoms with Crippen molar-refractivity contribution in [3.8, 4) is 0 Å². The minimum atomic E-state index is -4.55. The molecular weight excluding hydrogens is 344 g/mol. The van der Waals surface area contributed by atoms with Crippen LogP contribution in [0.2, 0.25) is 0 Å². The highest BCUT2D eigenvalue weighted by atomic mass is 35.7. The van der Waals surface area contributed by atoms with E-state index >= 15 is 0 Å². The van der Waals surface area contributed by atoms with Crippen LogP contribution in [0.15, 0.2) is 66.1 Å². The Balaban J connectivity index is 1.94. The van der Waals surface area contributed by atoms with Crippen LogP contribution in [0.25, 0.3) is 4.91 Å². The minimum absolute atomic E-state index is 0.610. The molecule has 1 aliphatic rings. The molecule has 0 fully saturated rings. The van der Waals surface area contributed by atoms with Crippen molar-refractivity contribution in [1.29, 1.82) is 0 Å². The molecule has 0 saturated carbocycles. The van der Waals surface area contributed by atoms with E-state index in [1.165, 1.54) is 23.5 Å². The second-order valence-electron chi connectivity index (χ2n) is 4.45. The smallest absolute Gasteiger partial charge is 0.183 e. The number of rotatable bonds is 4. The summed E-state index contributed by atoms with van der Waals surface area (Å²) >= 11 is 2.37. The summed E-state index contributed by atoms with van der Waals surface area (Å²) < 4.78 is 37.0. The van der Waals surface area contributed by atoms with E-state index in [-0.39, 0.29) is 0 Å². The first-order chi connectivity index (χ1) is 10.5. The van der Waals surface area contributed by atoms with Gasteiger partial charge in [-0.2, -0.15) is 14.0 Å². The largest absolute Gasteiger partial charge is 0.348 e. The van der Waals surface area contributed by atoms with E-state index in [9.17, 15) is 14.0 Å². The van der Waals surface area contributed by atoms with Crippen LogP contribution in [-0.4, -0.2) is 0 Å². The van der Waals surface area contributed by atoms with Crippen LogP contribution >= 0.6 is 23.5 Å². The van der Waals surface area contributed by atoms with Crippen molar-refractivity contribution < 1.29 is 28.5 Å². The summed E-state index contributed by atoms with van der Waals surface area (Å²) in [5.41, 5.74) is 1.56. The van der Waals surface area contributed by atoms with Crippen LogP contribution in [0.4, 0.5) is 0 Å². The van der Waals surface area contributed by atoms with Crippen molar-refractivity contribution in [2.24, 2.45) is 0 Å². The van der Waals surface area contributed by atoms with Crippen molar-refractivity contribution in [1.82, 2.24) is 0 Å². The molecule has 4 nitrogen and oxygen atoms in total. The third-order valence-corrected chi connectivity index (χ3v) is 6.38. The molecule has 0 bridgehead atoms. The molecule has 0 aromatic heterocycles. The van der Waals surface area contributed by atoms with Crippen molar-refractivity contribution in [3.05, 3.63) is 77.2 Å². The number of hydrogen-bond donors (Lipinski definition) is 0. The average Bonchev–Trinajstić information content (AvgIpc) is 2.92. The lowest BCUT2D eigenvalue weighted by molar-refractivity contribution is -1.92. The fraction of sp³-hybridized carbons (Fsp3) is 0.0667. The van der Waals surface area contributed by atoms with Crippen LogP contribution in [-0.2, 0) is 8.55 Å². The van der Waals surface area contributed by atoms with E-state index < -0.39 is 14.5 Å². The molecule has 22 heavy (non-hydrogen) atoms. The lowest BCUT2D eigenvalue weighted by Crippen LogP contribution is -2.63. The maximum absolute atomic E-state index is 11.2. The first-order valence-corrected chi connectivity index (χ1v) is 9.21. The first-order valence-electron chi connectivity index (χ1n) is 6.28. The van der Waals surface area contributed by atoms with Gasteiger partial charge in [0.15, 0.2) is 0 Å². The Morgan fingerprint density at radius 2 is 1.45 bits per heavy atom. The van der Waals surface area contributed by atoms with Gasteiger partial charge in [0, 0.05) is 10.5 Å². The molecule has 2 aromatic rings. The molecule has 7 heteroatoms. The van der Waals surface area contributed by atoms with E-state index in [1.807, 2.05) is 41.8 Å². The van der Waals surface area contributed by atoms with Gasteiger partial charge in [-0.1, -0.05) is 84.2 Å². The van der Waals surface area contributed by atoms with E-state index in [1.54, 1.807) is 24.3 Å². The van der Waals surface area contributed by atoms with Crippen LogP contribution in [0, 0.1) is 10.2 Å². The van der Waals surface area contributed by atoms with Gasteiger partial charge in [-0.25, -0.2) is 0 Å². The maximum Gasteiger partial charge on any atom is 0.348 e. The number of thioether (sulfide) groups is 2. The highest BCUT2D eigenvalue weighted by molar-refractivity contribution is 8.26. The Morgan fingerprint density at radius 3 is 2.05 bits per heavy atom. The van der Waals surface area contributed by atoms with Crippen LogP contribution in [0.5, 0.6) is 0 Å². The molecular formula is C15H11ClO4S2. The zero-order chi connectivity index (χ0) is 15.6. The molecule has 0 spiro atoms. The summed E-state index contributed by atoms with van der Waals surface area (Å²) in [7, 11) is -4.55. The predicted molar refractivity (Wildman–Crippen MR) is 78.8 cm³/mol. The second kappa shape index (κ2) is 6.25. The standard InChI is InChI=1S/C15H11ClO4S2/c17-16(18,19)20-15(13-9-5-2-6-10-13)21-11-14(22-15)12-7-3-1-4-8-12/h1-11H. The molecule has 0 N–H and O–H groups in total. The monoisotopic (exact) mass is 354 g/mol. The Kier molecular flexibility index (Phi) is 4.52. The lowest BCUT2D eigenvalue weighted by atomic mass is 10.2. The van der Waals surface area contributed by atoms with Gasteiger partial charge in [0.05, 0.1) is 10.2 Å². The van der Waals surface area contributed by atoms with Gasteiger partial charge >= 0.3 is 4.27 Å². The molecule has 2 aromatic carbocycles. The normalized spacial score (nSPS) is 21.7. The summed E-state index contributed by atoms with van der Waals surface area (Å²) in [5.74, 6) is 0. The third-order valence-electron chi connectivity index (χ3n) is 2.95. The Labute approximate surface area is 138 Å². The highest BCUT2D eigenvalue weighted by Gasteiger charge is 2.53. The predicted octanol–water partition coefficient (Wildman–Crippen LogP) is 1.19. The summed E-state index contributed by atoms with van der Waals surface area (Å²) in [6.45, 7) is 0. The van der Waals surface area contributed by atoms with Gasteiger partial charge < -0.3 is 0 Å². The molecule has 0 saturated heterocycles. The van der Waals surface area contributed by atoms with E-state index in [0.29, 0.717) is 5.56 Å². The molecule has 3 rings (SSSR count). The molecule has 1 unspecified atom stereocenters. The number of hydrogen-bond acceptors (Lipinski definition) is 6. The van der Waals surface area contributed by atoms with Gasteiger partial charge in [-0.15, -0.1) is 0 Å².